The molecule has 28 heavy (non-hydrogen) atoms. The van der Waals surface area contributed by atoms with Gasteiger partial charge in [-0.2, -0.15) is 0 Å². The first-order valence-corrected chi connectivity index (χ1v) is 9.76. The average molecular weight is 389 g/mol. The molecule has 1 aliphatic rings. The highest BCUT2D eigenvalue weighted by Gasteiger charge is 2.29. The maximum atomic E-state index is 12.4. The first-order chi connectivity index (χ1) is 13.3. The van der Waals surface area contributed by atoms with Crippen molar-refractivity contribution in [1.29, 1.82) is 0 Å². The second kappa shape index (κ2) is 10.2. The van der Waals surface area contributed by atoms with E-state index in [1.807, 2.05) is 0 Å². The van der Waals surface area contributed by atoms with Gasteiger partial charge in [-0.3, -0.25) is 4.79 Å². The molecule has 6 nitrogen and oxygen atoms in total. The standard InChI is InChI=1S/C22H31NO5/c1-14-7-6-8-19(15(14)2)23-22(25)16(3)28-21(24)12-10-17-9-11-18(26-4)13-20(17)27-5/h9-16,19H,6-8H2,1-5H3,(H,23,25)/b12-10+/t14-,15+,16+,19-/m0/s1. The Bertz CT molecular complexity index is 715. The van der Waals surface area contributed by atoms with E-state index in [0.717, 1.165) is 12.8 Å². The number of nitrogens with one attached hydrogen (secondary N) is 1. The van der Waals surface area contributed by atoms with Gasteiger partial charge >= 0.3 is 5.97 Å². The van der Waals surface area contributed by atoms with E-state index in [4.69, 9.17) is 14.2 Å². The van der Waals surface area contributed by atoms with Crippen molar-refractivity contribution in [3.05, 3.63) is 29.8 Å². The largest absolute Gasteiger partial charge is 0.497 e. The summed E-state index contributed by atoms with van der Waals surface area (Å²) in [6, 6.07) is 5.42. The summed E-state index contributed by atoms with van der Waals surface area (Å²) in [6.45, 7) is 5.97. The number of hydrogen-bond acceptors (Lipinski definition) is 5. The first kappa shape index (κ1) is 21.8. The highest BCUT2D eigenvalue weighted by Crippen LogP contribution is 2.29. The number of rotatable bonds is 7. The van der Waals surface area contributed by atoms with Gasteiger partial charge in [-0.15, -0.1) is 0 Å². The molecule has 0 radical (unpaired) electrons. The Hall–Kier alpha value is -2.50. The summed E-state index contributed by atoms with van der Waals surface area (Å²) in [7, 11) is 3.12. The zero-order valence-corrected chi connectivity index (χ0v) is 17.4. The van der Waals surface area contributed by atoms with Crippen LogP contribution in [-0.2, 0) is 14.3 Å². The van der Waals surface area contributed by atoms with Crippen LogP contribution in [0.1, 0.15) is 45.6 Å². The number of methoxy groups -OCH3 is 2. The van der Waals surface area contributed by atoms with Gasteiger partial charge in [-0.1, -0.05) is 26.7 Å². The molecule has 0 spiro atoms. The van der Waals surface area contributed by atoms with E-state index in [9.17, 15) is 9.59 Å². The van der Waals surface area contributed by atoms with Crippen LogP contribution >= 0.6 is 0 Å². The van der Waals surface area contributed by atoms with Crippen molar-refractivity contribution in [3.8, 4) is 11.5 Å². The van der Waals surface area contributed by atoms with Crippen molar-refractivity contribution in [1.82, 2.24) is 5.32 Å². The smallest absolute Gasteiger partial charge is 0.331 e. The summed E-state index contributed by atoms with van der Waals surface area (Å²) in [6.07, 6.45) is 5.30. The maximum absolute atomic E-state index is 12.4. The SMILES string of the molecule is COc1ccc(/C=C/C(=O)O[C@H](C)C(=O)N[C@H]2CCC[C@H](C)[C@H]2C)c(OC)c1. The summed E-state index contributed by atoms with van der Waals surface area (Å²) >= 11 is 0. The van der Waals surface area contributed by atoms with Gasteiger partial charge in [-0.05, 0) is 43.4 Å². The molecular weight excluding hydrogens is 358 g/mol. The minimum Gasteiger partial charge on any atom is -0.497 e. The minimum absolute atomic E-state index is 0.136. The number of esters is 1. The Morgan fingerprint density at radius 2 is 1.93 bits per heavy atom. The fourth-order valence-corrected chi connectivity index (χ4v) is 3.47. The summed E-state index contributed by atoms with van der Waals surface area (Å²) in [5.41, 5.74) is 0.711. The van der Waals surface area contributed by atoms with Crippen LogP contribution < -0.4 is 14.8 Å². The van der Waals surface area contributed by atoms with Crippen molar-refractivity contribution in [2.45, 2.75) is 52.2 Å². The molecule has 1 N–H and O–H groups in total. The second-order valence-electron chi connectivity index (χ2n) is 7.40. The molecule has 1 amide bonds. The molecule has 154 valence electrons. The molecule has 1 aliphatic carbocycles. The van der Waals surface area contributed by atoms with Crippen LogP contribution in [0.2, 0.25) is 0 Å². The maximum Gasteiger partial charge on any atom is 0.331 e. The summed E-state index contributed by atoms with van der Waals surface area (Å²) < 4.78 is 15.7. The molecule has 6 heteroatoms. The van der Waals surface area contributed by atoms with Gasteiger partial charge in [-0.25, -0.2) is 4.79 Å². The normalized spacial score (nSPS) is 23.1. The zero-order chi connectivity index (χ0) is 20.7. The Morgan fingerprint density at radius 3 is 2.61 bits per heavy atom. The van der Waals surface area contributed by atoms with Crippen molar-refractivity contribution >= 4 is 18.0 Å². The number of carbonyl (C=O) groups excluding carboxylic acids is 2. The van der Waals surface area contributed by atoms with Crippen LogP contribution in [0.15, 0.2) is 24.3 Å². The molecule has 0 heterocycles. The van der Waals surface area contributed by atoms with E-state index >= 15 is 0 Å². The van der Waals surface area contributed by atoms with Crippen molar-refractivity contribution in [2.75, 3.05) is 14.2 Å². The molecule has 0 aliphatic heterocycles. The molecule has 0 aromatic heterocycles. The summed E-state index contributed by atoms with van der Waals surface area (Å²) in [5.74, 6) is 1.41. The van der Waals surface area contributed by atoms with Crippen molar-refractivity contribution in [3.63, 3.8) is 0 Å². The average Bonchev–Trinajstić information content (AvgIpc) is 2.69. The number of benzene rings is 1. The lowest BCUT2D eigenvalue weighted by Gasteiger charge is -2.35. The minimum atomic E-state index is -0.848. The number of ether oxygens (including phenoxy) is 3. The quantitative estimate of drug-likeness (QED) is 0.570. The first-order valence-electron chi connectivity index (χ1n) is 9.76. The third-order valence-corrected chi connectivity index (χ3v) is 5.54. The van der Waals surface area contributed by atoms with E-state index < -0.39 is 12.1 Å². The van der Waals surface area contributed by atoms with E-state index in [2.05, 4.69) is 19.2 Å². The fourth-order valence-electron chi connectivity index (χ4n) is 3.47. The number of hydrogen-bond donors (Lipinski definition) is 1. The summed E-state index contributed by atoms with van der Waals surface area (Å²) in [4.78, 5) is 24.5. The van der Waals surface area contributed by atoms with E-state index in [-0.39, 0.29) is 11.9 Å². The van der Waals surface area contributed by atoms with Gasteiger partial charge in [0.25, 0.3) is 5.91 Å². The monoisotopic (exact) mass is 389 g/mol. The Kier molecular flexibility index (Phi) is 7.91. The Balaban J connectivity index is 1.91. The van der Waals surface area contributed by atoms with E-state index in [0.29, 0.717) is 28.9 Å². The van der Waals surface area contributed by atoms with Crippen LogP contribution in [-0.4, -0.2) is 38.2 Å². The highest BCUT2D eigenvalue weighted by atomic mass is 16.5. The molecular formula is C22H31NO5. The molecule has 0 bridgehead atoms. The van der Waals surface area contributed by atoms with Gasteiger partial charge in [0.2, 0.25) is 0 Å². The van der Waals surface area contributed by atoms with E-state index in [1.165, 1.54) is 12.5 Å². The fraction of sp³-hybridized carbons (Fsp3) is 0.545. The molecule has 2 rings (SSSR count). The van der Waals surface area contributed by atoms with Crippen molar-refractivity contribution < 1.29 is 23.8 Å². The van der Waals surface area contributed by atoms with Gasteiger partial charge in [0.1, 0.15) is 11.5 Å². The third-order valence-electron chi connectivity index (χ3n) is 5.54. The molecule has 1 saturated carbocycles. The molecule has 1 aromatic rings. The van der Waals surface area contributed by atoms with E-state index in [1.54, 1.807) is 45.4 Å². The summed E-state index contributed by atoms with van der Waals surface area (Å²) in [5, 5.41) is 3.03. The topological polar surface area (TPSA) is 73.9 Å². The van der Waals surface area contributed by atoms with Crippen LogP contribution in [0.25, 0.3) is 6.08 Å². The number of carbonyl (C=O) groups is 2. The lowest BCUT2D eigenvalue weighted by Crippen LogP contribution is -2.47. The molecule has 0 unspecified atom stereocenters. The molecule has 4 atom stereocenters. The van der Waals surface area contributed by atoms with Gasteiger partial charge < -0.3 is 19.5 Å². The van der Waals surface area contributed by atoms with Crippen molar-refractivity contribution in [2.24, 2.45) is 11.8 Å². The lowest BCUT2D eigenvalue weighted by molar-refractivity contribution is -0.150. The predicted octanol–water partition coefficient (Wildman–Crippen LogP) is 3.59. The predicted molar refractivity (Wildman–Crippen MR) is 108 cm³/mol. The second-order valence-corrected chi connectivity index (χ2v) is 7.40. The molecule has 1 fully saturated rings. The Morgan fingerprint density at radius 1 is 1.18 bits per heavy atom. The molecule has 1 aromatic carbocycles. The Labute approximate surface area is 167 Å². The number of amides is 1. The van der Waals surface area contributed by atoms with Gasteiger partial charge in [0.15, 0.2) is 6.10 Å². The lowest BCUT2D eigenvalue weighted by atomic mass is 9.78. The van der Waals surface area contributed by atoms with Gasteiger partial charge in [0.05, 0.1) is 14.2 Å². The van der Waals surface area contributed by atoms with Gasteiger partial charge in [0, 0.05) is 23.7 Å². The van der Waals surface area contributed by atoms with Crippen LogP contribution in [0.5, 0.6) is 11.5 Å². The highest BCUT2D eigenvalue weighted by molar-refractivity contribution is 5.90. The van der Waals surface area contributed by atoms with Crippen LogP contribution in [0.3, 0.4) is 0 Å². The van der Waals surface area contributed by atoms with Crippen LogP contribution in [0.4, 0.5) is 0 Å². The zero-order valence-electron chi connectivity index (χ0n) is 17.4. The van der Waals surface area contributed by atoms with Crippen LogP contribution in [0, 0.1) is 11.8 Å². The third kappa shape index (κ3) is 5.75. The molecule has 0 saturated heterocycles.